The SMILES string of the molecule is Cc1ccn(CCC(=O)NCc2nc(-c3ccccc3NC(=O)c3cc(C)oc3C)oc2C)n1. The van der Waals surface area contributed by atoms with E-state index in [0.717, 1.165) is 5.69 Å². The number of hydrogen-bond acceptors (Lipinski definition) is 6. The first kappa shape index (κ1) is 23.0. The standard InChI is InChI=1S/C25H27N5O4/c1-15-9-11-30(29-15)12-10-23(31)26-14-22-18(4)34-25(28-22)19-7-5-6-8-21(19)27-24(32)20-13-16(2)33-17(20)3/h5-9,11,13H,10,12,14H2,1-4H3,(H,26,31)(H,27,32). The molecular weight excluding hydrogens is 434 g/mol. The zero-order valence-electron chi connectivity index (χ0n) is 19.6. The monoisotopic (exact) mass is 461 g/mol. The first-order valence-electron chi connectivity index (χ1n) is 11.0. The molecule has 3 aromatic heterocycles. The van der Waals surface area contributed by atoms with Gasteiger partial charge >= 0.3 is 0 Å². The molecule has 0 aliphatic rings. The Kier molecular flexibility index (Phi) is 6.62. The molecule has 0 saturated carbocycles. The predicted molar refractivity (Wildman–Crippen MR) is 126 cm³/mol. The summed E-state index contributed by atoms with van der Waals surface area (Å²) in [5.41, 5.74) is 3.23. The fourth-order valence-corrected chi connectivity index (χ4v) is 3.61. The molecule has 1 aromatic carbocycles. The number of rotatable bonds is 8. The minimum Gasteiger partial charge on any atom is -0.466 e. The van der Waals surface area contributed by atoms with Crippen molar-refractivity contribution in [1.82, 2.24) is 20.1 Å². The van der Waals surface area contributed by atoms with Crippen molar-refractivity contribution in [2.45, 2.75) is 47.2 Å². The van der Waals surface area contributed by atoms with Gasteiger partial charge in [0.2, 0.25) is 11.8 Å². The van der Waals surface area contributed by atoms with E-state index in [4.69, 9.17) is 8.83 Å². The van der Waals surface area contributed by atoms with E-state index in [1.54, 1.807) is 37.6 Å². The lowest BCUT2D eigenvalue weighted by Crippen LogP contribution is -2.24. The molecule has 176 valence electrons. The van der Waals surface area contributed by atoms with Crippen molar-refractivity contribution < 1.29 is 18.4 Å². The number of carbonyl (C=O) groups excluding carboxylic acids is 2. The number of hydrogen-bond donors (Lipinski definition) is 2. The van der Waals surface area contributed by atoms with Crippen LogP contribution < -0.4 is 10.6 Å². The summed E-state index contributed by atoms with van der Waals surface area (Å²) < 4.78 is 13.1. The Morgan fingerprint density at radius 2 is 1.82 bits per heavy atom. The van der Waals surface area contributed by atoms with Gasteiger partial charge in [-0.25, -0.2) is 4.98 Å². The molecule has 9 heteroatoms. The highest BCUT2D eigenvalue weighted by Crippen LogP contribution is 2.29. The molecule has 0 fully saturated rings. The topological polar surface area (TPSA) is 115 Å². The van der Waals surface area contributed by atoms with Crippen LogP contribution in [0.5, 0.6) is 0 Å². The van der Waals surface area contributed by atoms with Gasteiger partial charge in [-0.15, -0.1) is 0 Å². The summed E-state index contributed by atoms with van der Waals surface area (Å²) in [6.07, 6.45) is 2.16. The van der Waals surface area contributed by atoms with Crippen LogP contribution >= 0.6 is 0 Å². The second-order valence-electron chi connectivity index (χ2n) is 8.10. The summed E-state index contributed by atoms with van der Waals surface area (Å²) in [4.78, 5) is 29.6. The van der Waals surface area contributed by atoms with Crippen molar-refractivity contribution in [2.75, 3.05) is 5.32 Å². The van der Waals surface area contributed by atoms with Crippen molar-refractivity contribution in [2.24, 2.45) is 0 Å². The normalized spacial score (nSPS) is 10.9. The first-order chi connectivity index (χ1) is 16.3. The van der Waals surface area contributed by atoms with Crippen molar-refractivity contribution in [1.29, 1.82) is 0 Å². The van der Waals surface area contributed by atoms with Crippen LogP contribution in [0.2, 0.25) is 0 Å². The molecule has 0 spiro atoms. The van der Waals surface area contributed by atoms with E-state index in [1.165, 1.54) is 0 Å². The number of furan rings is 1. The summed E-state index contributed by atoms with van der Waals surface area (Å²) in [7, 11) is 0. The quantitative estimate of drug-likeness (QED) is 0.404. The molecule has 3 heterocycles. The molecule has 0 bridgehead atoms. The molecule has 4 rings (SSSR count). The molecule has 0 aliphatic heterocycles. The second kappa shape index (κ2) is 9.78. The van der Waals surface area contributed by atoms with E-state index < -0.39 is 0 Å². The van der Waals surface area contributed by atoms with E-state index in [1.807, 2.05) is 37.4 Å². The zero-order valence-corrected chi connectivity index (χ0v) is 19.6. The van der Waals surface area contributed by atoms with E-state index in [-0.39, 0.29) is 18.4 Å². The predicted octanol–water partition coefficient (Wildman–Crippen LogP) is 4.32. The lowest BCUT2D eigenvalue weighted by molar-refractivity contribution is -0.121. The largest absolute Gasteiger partial charge is 0.466 e. The van der Waals surface area contributed by atoms with Gasteiger partial charge in [0, 0.05) is 19.2 Å². The summed E-state index contributed by atoms with van der Waals surface area (Å²) >= 11 is 0. The lowest BCUT2D eigenvalue weighted by Gasteiger charge is -2.08. The van der Waals surface area contributed by atoms with Crippen LogP contribution in [0.1, 0.15) is 45.4 Å². The highest BCUT2D eigenvalue weighted by molar-refractivity contribution is 6.06. The summed E-state index contributed by atoms with van der Waals surface area (Å²) in [5.74, 6) is 1.82. The molecule has 0 radical (unpaired) electrons. The Labute approximate surface area is 197 Å². The molecule has 9 nitrogen and oxygen atoms in total. The fourth-order valence-electron chi connectivity index (χ4n) is 3.61. The molecule has 2 N–H and O–H groups in total. The third-order valence-corrected chi connectivity index (χ3v) is 5.38. The van der Waals surface area contributed by atoms with Gasteiger partial charge in [-0.3, -0.25) is 14.3 Å². The Hall–Kier alpha value is -4.14. The van der Waals surface area contributed by atoms with Gasteiger partial charge in [0.1, 0.15) is 23.0 Å². The summed E-state index contributed by atoms with van der Waals surface area (Å²) in [6.45, 7) is 8.00. The van der Waals surface area contributed by atoms with Crippen LogP contribution in [0, 0.1) is 27.7 Å². The van der Waals surface area contributed by atoms with Gasteiger partial charge in [-0.2, -0.15) is 5.10 Å². The van der Waals surface area contributed by atoms with Crippen molar-refractivity contribution in [3.8, 4) is 11.5 Å². The van der Waals surface area contributed by atoms with Crippen molar-refractivity contribution >= 4 is 17.5 Å². The van der Waals surface area contributed by atoms with Crippen LogP contribution in [-0.4, -0.2) is 26.6 Å². The Morgan fingerprint density at radius 1 is 1.03 bits per heavy atom. The maximum Gasteiger partial charge on any atom is 0.259 e. The summed E-state index contributed by atoms with van der Waals surface area (Å²) in [5, 5.41) is 10.1. The Balaban J connectivity index is 1.43. The second-order valence-corrected chi connectivity index (χ2v) is 8.10. The minimum absolute atomic E-state index is 0.101. The van der Waals surface area contributed by atoms with E-state index in [2.05, 4.69) is 20.7 Å². The maximum atomic E-state index is 12.8. The van der Waals surface area contributed by atoms with Gasteiger partial charge in [0.15, 0.2) is 0 Å². The number of aromatic nitrogens is 3. The van der Waals surface area contributed by atoms with Gasteiger partial charge in [0.05, 0.1) is 29.1 Å². The highest BCUT2D eigenvalue weighted by Gasteiger charge is 2.19. The van der Waals surface area contributed by atoms with Crippen LogP contribution in [0.4, 0.5) is 5.69 Å². The Morgan fingerprint density at radius 3 is 2.53 bits per heavy atom. The minimum atomic E-state index is -0.273. The van der Waals surface area contributed by atoms with E-state index in [9.17, 15) is 9.59 Å². The molecule has 4 aromatic rings. The van der Waals surface area contributed by atoms with Crippen molar-refractivity contribution in [3.05, 3.63) is 76.8 Å². The lowest BCUT2D eigenvalue weighted by atomic mass is 10.1. The van der Waals surface area contributed by atoms with Crippen LogP contribution in [0.25, 0.3) is 11.5 Å². The fraction of sp³-hybridized carbons (Fsp3) is 0.280. The van der Waals surface area contributed by atoms with E-state index >= 15 is 0 Å². The average molecular weight is 462 g/mol. The number of carbonyl (C=O) groups is 2. The van der Waals surface area contributed by atoms with Crippen molar-refractivity contribution in [3.63, 3.8) is 0 Å². The number of nitrogens with zero attached hydrogens (tertiary/aromatic N) is 3. The van der Waals surface area contributed by atoms with Crippen LogP contribution in [0.15, 0.2) is 51.4 Å². The average Bonchev–Trinajstić information content (AvgIpc) is 3.49. The number of anilines is 1. The number of amides is 2. The number of oxazole rings is 1. The molecule has 34 heavy (non-hydrogen) atoms. The third-order valence-electron chi connectivity index (χ3n) is 5.38. The Bertz CT molecular complexity index is 1330. The number of para-hydroxylation sites is 1. The van der Waals surface area contributed by atoms with Gasteiger partial charge in [-0.1, -0.05) is 12.1 Å². The smallest absolute Gasteiger partial charge is 0.259 e. The number of nitrogens with one attached hydrogen (secondary N) is 2. The van der Waals surface area contributed by atoms with Crippen LogP contribution in [0.3, 0.4) is 0 Å². The molecule has 0 aliphatic carbocycles. The third kappa shape index (κ3) is 5.25. The van der Waals surface area contributed by atoms with Gasteiger partial charge < -0.3 is 19.5 Å². The molecular formula is C25H27N5O4. The van der Waals surface area contributed by atoms with Crippen LogP contribution in [-0.2, 0) is 17.9 Å². The molecule has 0 unspecified atom stereocenters. The van der Waals surface area contributed by atoms with Gasteiger partial charge in [0.25, 0.3) is 5.91 Å². The number of aryl methyl sites for hydroxylation is 5. The summed E-state index contributed by atoms with van der Waals surface area (Å²) in [6, 6.07) is 10.9. The number of benzene rings is 1. The first-order valence-corrected chi connectivity index (χ1v) is 11.0. The highest BCUT2D eigenvalue weighted by atomic mass is 16.4. The molecule has 0 saturated heterocycles. The molecule has 0 atom stereocenters. The molecule has 2 amide bonds. The zero-order chi connectivity index (χ0) is 24.2. The van der Waals surface area contributed by atoms with E-state index in [0.29, 0.717) is 58.6 Å². The van der Waals surface area contributed by atoms with Gasteiger partial charge in [-0.05, 0) is 52.0 Å². The maximum absolute atomic E-state index is 12.8.